The Bertz CT molecular complexity index is 474. The number of carbonyl (C=O) groups excluding carboxylic acids is 1. The molecule has 170 valence electrons. The van der Waals surface area contributed by atoms with Gasteiger partial charge in [-0.1, -0.05) is 32.1 Å². The highest BCUT2D eigenvalue weighted by molar-refractivity contribution is 14.0. The van der Waals surface area contributed by atoms with Gasteiger partial charge in [0, 0.05) is 25.6 Å². The molecule has 0 aromatic heterocycles. The number of hydrogen-bond acceptors (Lipinski definition) is 3. The Morgan fingerprint density at radius 3 is 2.45 bits per heavy atom. The van der Waals surface area contributed by atoms with E-state index in [2.05, 4.69) is 27.4 Å². The number of carbonyl (C=O) groups is 1. The lowest BCUT2D eigenvalue weighted by Gasteiger charge is -2.30. The van der Waals surface area contributed by atoms with Crippen LogP contribution in [0.3, 0.4) is 0 Å². The van der Waals surface area contributed by atoms with Gasteiger partial charge in [-0.25, -0.2) is 0 Å². The predicted molar refractivity (Wildman–Crippen MR) is 133 cm³/mol. The summed E-state index contributed by atoms with van der Waals surface area (Å²) >= 11 is 0. The standard InChI is InChI=1S/C22H43N5O.HI/c1-18(10-11-19-8-4-3-5-9-19)26-22(24-2)25-14-6-7-15-27-16-12-20(13-17-27)21(23)28;/h18-20H,3-17H2,1-2H3,(H2,23,28)(H2,24,25,26);1H. The first-order valence-electron chi connectivity index (χ1n) is 11.6. The molecule has 1 heterocycles. The third-order valence-electron chi connectivity index (χ3n) is 6.52. The number of guanidine groups is 1. The number of amides is 1. The number of likely N-dealkylation sites (tertiary alicyclic amines) is 1. The zero-order valence-corrected chi connectivity index (χ0v) is 21.0. The second-order valence-corrected chi connectivity index (χ2v) is 8.85. The number of primary amides is 1. The van der Waals surface area contributed by atoms with Gasteiger partial charge in [-0.05, 0) is 71.0 Å². The third-order valence-corrected chi connectivity index (χ3v) is 6.52. The highest BCUT2D eigenvalue weighted by atomic mass is 127. The molecule has 29 heavy (non-hydrogen) atoms. The number of piperidine rings is 1. The SMILES string of the molecule is CN=C(NCCCCN1CCC(C(N)=O)CC1)NC(C)CCC1CCCCC1.I. The second kappa shape index (κ2) is 15.3. The van der Waals surface area contributed by atoms with Gasteiger partial charge in [-0.2, -0.15) is 0 Å². The average molecular weight is 522 g/mol. The molecule has 6 nitrogen and oxygen atoms in total. The molecule has 1 saturated carbocycles. The summed E-state index contributed by atoms with van der Waals surface area (Å²) in [5, 5.41) is 7.00. The van der Waals surface area contributed by atoms with Crippen LogP contribution < -0.4 is 16.4 Å². The van der Waals surface area contributed by atoms with Crippen molar-refractivity contribution in [3.8, 4) is 0 Å². The van der Waals surface area contributed by atoms with Crippen molar-refractivity contribution in [2.45, 2.75) is 83.6 Å². The molecule has 2 fully saturated rings. The minimum Gasteiger partial charge on any atom is -0.369 e. The molecule has 1 unspecified atom stereocenters. The van der Waals surface area contributed by atoms with Crippen molar-refractivity contribution < 1.29 is 4.79 Å². The van der Waals surface area contributed by atoms with Crippen LogP contribution in [0.2, 0.25) is 0 Å². The van der Waals surface area contributed by atoms with Gasteiger partial charge in [-0.3, -0.25) is 9.79 Å². The summed E-state index contributed by atoms with van der Waals surface area (Å²) in [4.78, 5) is 18.1. The van der Waals surface area contributed by atoms with E-state index < -0.39 is 0 Å². The Kier molecular flexibility index (Phi) is 13.9. The van der Waals surface area contributed by atoms with Crippen LogP contribution in [0.1, 0.15) is 77.6 Å². The zero-order chi connectivity index (χ0) is 20.2. The largest absolute Gasteiger partial charge is 0.369 e. The number of nitrogens with one attached hydrogen (secondary N) is 2. The maximum absolute atomic E-state index is 11.2. The normalized spacial score (nSPS) is 20.7. The van der Waals surface area contributed by atoms with Crippen molar-refractivity contribution in [2.75, 3.05) is 33.2 Å². The Balaban J connectivity index is 0.00000420. The van der Waals surface area contributed by atoms with E-state index in [4.69, 9.17) is 5.73 Å². The number of nitrogens with two attached hydrogens (primary N) is 1. The Morgan fingerprint density at radius 2 is 1.83 bits per heavy atom. The molecule has 0 aromatic rings. The van der Waals surface area contributed by atoms with Gasteiger partial charge >= 0.3 is 0 Å². The summed E-state index contributed by atoms with van der Waals surface area (Å²) in [6.45, 7) is 6.33. The molecule has 1 atom stereocenters. The highest BCUT2D eigenvalue weighted by Crippen LogP contribution is 2.27. The van der Waals surface area contributed by atoms with E-state index in [1.165, 1.54) is 51.4 Å². The monoisotopic (exact) mass is 521 g/mol. The fraction of sp³-hybridized carbons (Fsp3) is 0.909. The smallest absolute Gasteiger partial charge is 0.220 e. The van der Waals surface area contributed by atoms with E-state index in [0.29, 0.717) is 6.04 Å². The summed E-state index contributed by atoms with van der Waals surface area (Å²) in [5.41, 5.74) is 5.40. The first-order chi connectivity index (χ1) is 13.6. The molecule has 1 saturated heterocycles. The Hall–Kier alpha value is -0.570. The van der Waals surface area contributed by atoms with Crippen molar-refractivity contribution >= 4 is 35.8 Å². The van der Waals surface area contributed by atoms with E-state index >= 15 is 0 Å². The van der Waals surface area contributed by atoms with Gasteiger partial charge in [0.05, 0.1) is 0 Å². The number of nitrogens with zero attached hydrogens (tertiary/aromatic N) is 2. The fourth-order valence-corrected chi connectivity index (χ4v) is 4.57. The van der Waals surface area contributed by atoms with Gasteiger partial charge in [0.15, 0.2) is 5.96 Å². The van der Waals surface area contributed by atoms with Crippen molar-refractivity contribution in [3.05, 3.63) is 0 Å². The third kappa shape index (κ3) is 10.9. The summed E-state index contributed by atoms with van der Waals surface area (Å²) in [6.07, 6.45) is 13.9. The van der Waals surface area contributed by atoms with E-state index in [9.17, 15) is 4.79 Å². The molecule has 7 heteroatoms. The van der Waals surface area contributed by atoms with Crippen LogP contribution in [0.15, 0.2) is 4.99 Å². The molecule has 1 aliphatic heterocycles. The lowest BCUT2D eigenvalue weighted by molar-refractivity contribution is -0.123. The van der Waals surface area contributed by atoms with Crippen LogP contribution >= 0.6 is 24.0 Å². The van der Waals surface area contributed by atoms with Crippen LogP contribution in [0.25, 0.3) is 0 Å². The number of halogens is 1. The van der Waals surface area contributed by atoms with Crippen molar-refractivity contribution in [1.82, 2.24) is 15.5 Å². The van der Waals surface area contributed by atoms with Gasteiger partial charge in [0.1, 0.15) is 0 Å². The molecular weight excluding hydrogens is 477 g/mol. The molecule has 2 aliphatic rings. The van der Waals surface area contributed by atoms with Crippen LogP contribution in [0.4, 0.5) is 0 Å². The first-order valence-corrected chi connectivity index (χ1v) is 11.6. The molecule has 0 bridgehead atoms. The summed E-state index contributed by atoms with van der Waals surface area (Å²) in [7, 11) is 1.85. The second-order valence-electron chi connectivity index (χ2n) is 8.85. The zero-order valence-electron chi connectivity index (χ0n) is 18.6. The minimum atomic E-state index is -0.129. The maximum atomic E-state index is 11.2. The van der Waals surface area contributed by atoms with Crippen LogP contribution in [-0.2, 0) is 4.79 Å². The van der Waals surface area contributed by atoms with Gasteiger partial charge in [0.25, 0.3) is 0 Å². The predicted octanol–water partition coefficient (Wildman–Crippen LogP) is 3.50. The number of unbranched alkanes of at least 4 members (excludes halogenated alkanes) is 1. The van der Waals surface area contributed by atoms with Crippen molar-refractivity contribution in [1.29, 1.82) is 0 Å². The molecule has 0 radical (unpaired) electrons. The minimum absolute atomic E-state index is 0. The van der Waals surface area contributed by atoms with E-state index in [1.807, 2.05) is 7.05 Å². The summed E-state index contributed by atoms with van der Waals surface area (Å²) < 4.78 is 0. The first kappa shape index (κ1) is 26.5. The summed E-state index contributed by atoms with van der Waals surface area (Å²) in [6, 6.07) is 0.472. The molecule has 2 rings (SSSR count). The summed E-state index contributed by atoms with van der Waals surface area (Å²) in [5.74, 6) is 1.84. The molecule has 1 amide bonds. The Labute approximate surface area is 195 Å². The molecule has 0 aromatic carbocycles. The molecule has 0 spiro atoms. The number of aliphatic imine (C=N–C) groups is 1. The van der Waals surface area contributed by atoms with Crippen LogP contribution in [-0.4, -0.2) is 56.0 Å². The van der Waals surface area contributed by atoms with Crippen molar-refractivity contribution in [2.24, 2.45) is 22.6 Å². The lowest BCUT2D eigenvalue weighted by Crippen LogP contribution is -2.43. The molecule has 1 aliphatic carbocycles. The van der Waals surface area contributed by atoms with Gasteiger partial charge < -0.3 is 21.3 Å². The van der Waals surface area contributed by atoms with Crippen LogP contribution in [0, 0.1) is 11.8 Å². The topological polar surface area (TPSA) is 82.8 Å². The Morgan fingerprint density at radius 1 is 1.14 bits per heavy atom. The number of hydrogen-bond donors (Lipinski definition) is 3. The van der Waals surface area contributed by atoms with Crippen LogP contribution in [0.5, 0.6) is 0 Å². The van der Waals surface area contributed by atoms with E-state index in [0.717, 1.165) is 57.3 Å². The van der Waals surface area contributed by atoms with Gasteiger partial charge in [-0.15, -0.1) is 24.0 Å². The fourth-order valence-electron chi connectivity index (χ4n) is 4.57. The van der Waals surface area contributed by atoms with E-state index in [-0.39, 0.29) is 35.8 Å². The maximum Gasteiger partial charge on any atom is 0.220 e. The number of rotatable bonds is 10. The highest BCUT2D eigenvalue weighted by Gasteiger charge is 2.22. The quantitative estimate of drug-likeness (QED) is 0.178. The average Bonchev–Trinajstić information content (AvgIpc) is 2.72. The van der Waals surface area contributed by atoms with Crippen molar-refractivity contribution in [3.63, 3.8) is 0 Å². The van der Waals surface area contributed by atoms with E-state index in [1.54, 1.807) is 0 Å². The van der Waals surface area contributed by atoms with Gasteiger partial charge in [0.2, 0.25) is 5.91 Å². The molecular formula is C22H44IN5O. The molecule has 4 N–H and O–H groups in total. The lowest BCUT2D eigenvalue weighted by atomic mass is 9.85.